The van der Waals surface area contributed by atoms with Gasteiger partial charge in [0.1, 0.15) is 0 Å². The van der Waals surface area contributed by atoms with Gasteiger partial charge in [0.25, 0.3) is 0 Å². The highest BCUT2D eigenvalue weighted by molar-refractivity contribution is 5.76. The lowest BCUT2D eigenvalue weighted by Crippen LogP contribution is -2.45. The summed E-state index contributed by atoms with van der Waals surface area (Å²) < 4.78 is 0. The summed E-state index contributed by atoms with van der Waals surface area (Å²) in [6.07, 6.45) is 72.8. The maximum Gasteiger partial charge on any atom is 0.220 e. The van der Waals surface area contributed by atoms with Crippen LogP contribution in [0.15, 0.2) is 48.6 Å². The molecule has 2 unspecified atom stereocenters. The second-order valence-corrected chi connectivity index (χ2v) is 18.6. The molecule has 0 heterocycles. The van der Waals surface area contributed by atoms with E-state index in [4.69, 9.17) is 0 Å². The molecule has 0 aromatic heterocycles. The van der Waals surface area contributed by atoms with Gasteiger partial charge in [0, 0.05) is 6.42 Å². The van der Waals surface area contributed by atoms with Crippen molar-refractivity contribution in [2.45, 2.75) is 302 Å². The molecule has 0 saturated heterocycles. The maximum atomic E-state index is 12.4. The molecule has 0 spiro atoms. The molecule has 4 nitrogen and oxygen atoms in total. The SMILES string of the molecule is CCCCCCCC/C=C\CCCCCCCCCC(=O)NC(CO)C(O)/C=C/CC/C=C/CC/C=C/CCCCCCCCCCCCCCCCCCCCCCCC. The van der Waals surface area contributed by atoms with Crippen LogP contribution in [-0.2, 0) is 4.79 Å². The molecule has 3 N–H and O–H groups in total. The molecule has 0 saturated carbocycles. The van der Waals surface area contributed by atoms with E-state index in [1.165, 1.54) is 231 Å². The molecule has 2 atom stereocenters. The van der Waals surface area contributed by atoms with Gasteiger partial charge in [-0.15, -0.1) is 0 Å². The summed E-state index contributed by atoms with van der Waals surface area (Å²) in [5.41, 5.74) is 0. The van der Waals surface area contributed by atoms with E-state index in [0.717, 1.165) is 38.5 Å². The second-order valence-electron chi connectivity index (χ2n) is 18.6. The van der Waals surface area contributed by atoms with Crippen LogP contribution in [0.3, 0.4) is 0 Å². The third-order valence-corrected chi connectivity index (χ3v) is 12.5. The molecule has 358 valence electrons. The molecule has 0 bridgehead atoms. The van der Waals surface area contributed by atoms with Crippen LogP contribution in [0, 0.1) is 0 Å². The zero-order valence-corrected chi connectivity index (χ0v) is 41.2. The van der Waals surface area contributed by atoms with Crippen molar-refractivity contribution < 1.29 is 15.0 Å². The first-order chi connectivity index (χ1) is 30.2. The number of aliphatic hydroxyl groups excluding tert-OH is 2. The third-order valence-electron chi connectivity index (χ3n) is 12.5. The van der Waals surface area contributed by atoms with E-state index in [-0.39, 0.29) is 12.5 Å². The smallest absolute Gasteiger partial charge is 0.220 e. The van der Waals surface area contributed by atoms with Crippen LogP contribution in [0.4, 0.5) is 0 Å². The minimum Gasteiger partial charge on any atom is -0.394 e. The van der Waals surface area contributed by atoms with Gasteiger partial charge < -0.3 is 15.5 Å². The van der Waals surface area contributed by atoms with E-state index in [1.54, 1.807) is 6.08 Å². The van der Waals surface area contributed by atoms with E-state index < -0.39 is 12.1 Å². The fourth-order valence-corrected chi connectivity index (χ4v) is 8.32. The lowest BCUT2D eigenvalue weighted by molar-refractivity contribution is -0.123. The highest BCUT2D eigenvalue weighted by Gasteiger charge is 2.17. The topological polar surface area (TPSA) is 69.6 Å². The molecule has 0 aliphatic heterocycles. The quantitative estimate of drug-likeness (QED) is 0.0422. The van der Waals surface area contributed by atoms with Crippen LogP contribution in [0.25, 0.3) is 0 Å². The van der Waals surface area contributed by atoms with Gasteiger partial charge in [0.15, 0.2) is 0 Å². The predicted octanol–water partition coefficient (Wildman–Crippen LogP) is 17.9. The second kappa shape index (κ2) is 52.7. The number of rotatable bonds is 50. The normalized spacial score (nSPS) is 13.2. The molecular weight excluding hydrogens is 747 g/mol. The minimum atomic E-state index is -0.873. The Morgan fingerprint density at radius 1 is 0.377 bits per heavy atom. The third kappa shape index (κ3) is 49.2. The van der Waals surface area contributed by atoms with Gasteiger partial charge >= 0.3 is 0 Å². The standard InChI is InChI=1S/C57H107NO3/c1-3-5-7-9-11-13-15-17-19-21-22-23-24-25-26-27-28-29-30-31-32-33-34-35-37-38-40-42-44-46-48-50-52-56(60)55(54-59)58-57(61)53-51-49-47-45-43-41-39-36-20-18-16-14-12-10-8-6-4-2/h18,20,35,37,42,44,50,52,55-56,59-60H,3-17,19,21-34,36,38-41,43,45-49,51,53-54H2,1-2H3,(H,58,61)/b20-18-,37-35+,44-42+,52-50+. The fourth-order valence-electron chi connectivity index (χ4n) is 8.32. The summed E-state index contributed by atoms with van der Waals surface area (Å²) in [5.74, 6) is -0.0812. The first-order valence-electron chi connectivity index (χ1n) is 27.4. The lowest BCUT2D eigenvalue weighted by Gasteiger charge is -2.19. The minimum absolute atomic E-state index is 0.0812. The first-order valence-corrected chi connectivity index (χ1v) is 27.4. The summed E-state index contributed by atoms with van der Waals surface area (Å²) in [6.45, 7) is 4.31. The Morgan fingerprint density at radius 3 is 0.951 bits per heavy atom. The number of allylic oxidation sites excluding steroid dienone is 7. The number of carbonyl (C=O) groups excluding carboxylic acids is 1. The Kier molecular flexibility index (Phi) is 51.3. The lowest BCUT2D eigenvalue weighted by atomic mass is 10.0. The molecule has 1 amide bonds. The monoisotopic (exact) mass is 854 g/mol. The van der Waals surface area contributed by atoms with Crippen molar-refractivity contribution in [1.82, 2.24) is 5.32 Å². The van der Waals surface area contributed by atoms with E-state index >= 15 is 0 Å². The maximum absolute atomic E-state index is 12.4. The van der Waals surface area contributed by atoms with Gasteiger partial charge in [-0.05, 0) is 70.6 Å². The largest absolute Gasteiger partial charge is 0.394 e. The summed E-state index contributed by atoms with van der Waals surface area (Å²) in [7, 11) is 0. The molecule has 0 radical (unpaired) electrons. The van der Waals surface area contributed by atoms with Gasteiger partial charge in [-0.1, -0.05) is 262 Å². The van der Waals surface area contributed by atoms with E-state index in [2.05, 4.69) is 55.6 Å². The van der Waals surface area contributed by atoms with Gasteiger partial charge in [-0.25, -0.2) is 0 Å². The molecule has 0 aliphatic rings. The van der Waals surface area contributed by atoms with Gasteiger partial charge in [-0.2, -0.15) is 0 Å². The Balaban J connectivity index is 3.54. The van der Waals surface area contributed by atoms with Gasteiger partial charge in [-0.3, -0.25) is 4.79 Å². The number of nitrogens with one attached hydrogen (secondary N) is 1. The van der Waals surface area contributed by atoms with Crippen molar-refractivity contribution in [3.63, 3.8) is 0 Å². The van der Waals surface area contributed by atoms with Gasteiger partial charge in [0.05, 0.1) is 18.8 Å². The Hall–Kier alpha value is -1.65. The molecule has 0 aliphatic carbocycles. The molecule has 0 aromatic rings. The highest BCUT2D eigenvalue weighted by atomic mass is 16.3. The van der Waals surface area contributed by atoms with Crippen molar-refractivity contribution >= 4 is 5.91 Å². The van der Waals surface area contributed by atoms with E-state index in [1.807, 2.05) is 6.08 Å². The molecular formula is C57H107NO3. The summed E-state index contributed by atoms with van der Waals surface area (Å²) in [5, 5.41) is 23.1. The Labute approximate surface area is 382 Å². The fraction of sp³-hybridized carbons (Fsp3) is 0.842. The van der Waals surface area contributed by atoms with Gasteiger partial charge in [0.2, 0.25) is 5.91 Å². The summed E-state index contributed by atoms with van der Waals surface area (Å²) in [4.78, 5) is 12.4. The van der Waals surface area contributed by atoms with Crippen LogP contribution in [-0.4, -0.2) is 34.9 Å². The van der Waals surface area contributed by atoms with Crippen LogP contribution in [0.5, 0.6) is 0 Å². The van der Waals surface area contributed by atoms with Crippen LogP contribution in [0.2, 0.25) is 0 Å². The predicted molar refractivity (Wildman–Crippen MR) is 271 cm³/mol. The highest BCUT2D eigenvalue weighted by Crippen LogP contribution is 2.16. The Morgan fingerprint density at radius 2 is 0.639 bits per heavy atom. The first kappa shape index (κ1) is 59.4. The van der Waals surface area contributed by atoms with Crippen molar-refractivity contribution in [1.29, 1.82) is 0 Å². The molecule has 61 heavy (non-hydrogen) atoms. The average Bonchev–Trinajstić information content (AvgIpc) is 3.26. The van der Waals surface area contributed by atoms with Crippen molar-refractivity contribution in [3.8, 4) is 0 Å². The van der Waals surface area contributed by atoms with E-state index in [0.29, 0.717) is 6.42 Å². The Bertz CT molecular complexity index is 970. The summed E-state index contributed by atoms with van der Waals surface area (Å²) in [6, 6.07) is -0.649. The van der Waals surface area contributed by atoms with Crippen LogP contribution in [0.1, 0.15) is 290 Å². The number of carbonyl (C=O) groups is 1. The number of hydrogen-bond acceptors (Lipinski definition) is 3. The molecule has 4 heteroatoms. The number of aliphatic hydroxyl groups is 2. The molecule has 0 aromatic carbocycles. The average molecular weight is 854 g/mol. The van der Waals surface area contributed by atoms with Crippen molar-refractivity contribution in [3.05, 3.63) is 48.6 Å². The van der Waals surface area contributed by atoms with Crippen LogP contribution >= 0.6 is 0 Å². The summed E-state index contributed by atoms with van der Waals surface area (Å²) >= 11 is 0. The van der Waals surface area contributed by atoms with Crippen LogP contribution < -0.4 is 5.32 Å². The molecule has 0 rings (SSSR count). The van der Waals surface area contributed by atoms with Crippen molar-refractivity contribution in [2.24, 2.45) is 0 Å². The number of hydrogen-bond donors (Lipinski definition) is 3. The zero-order valence-electron chi connectivity index (χ0n) is 41.2. The van der Waals surface area contributed by atoms with E-state index in [9.17, 15) is 15.0 Å². The van der Waals surface area contributed by atoms with Crippen molar-refractivity contribution in [2.75, 3.05) is 6.61 Å². The molecule has 0 fully saturated rings. The number of unbranched alkanes of at least 4 members (excludes halogenated alkanes) is 37. The zero-order chi connectivity index (χ0) is 44.2. The number of amides is 1.